The van der Waals surface area contributed by atoms with Crippen LogP contribution in [0.15, 0.2) is 47.4 Å². The normalized spacial score (nSPS) is 12.4. The van der Waals surface area contributed by atoms with E-state index in [1.165, 1.54) is 0 Å². The Bertz CT molecular complexity index is 586. The van der Waals surface area contributed by atoms with Gasteiger partial charge in [-0.2, -0.15) is 0 Å². The minimum absolute atomic E-state index is 0.341. The Labute approximate surface area is 122 Å². The Kier molecular flexibility index (Phi) is 5.15. The molecule has 0 fully saturated rings. The van der Waals surface area contributed by atoms with Gasteiger partial charge in [0.2, 0.25) is 0 Å². The predicted octanol–water partition coefficient (Wildman–Crippen LogP) is 4.39. The number of halogens is 2. The van der Waals surface area contributed by atoms with Crippen LogP contribution >= 0.6 is 11.8 Å². The van der Waals surface area contributed by atoms with Crippen molar-refractivity contribution in [3.8, 4) is 0 Å². The molecule has 20 heavy (non-hydrogen) atoms. The molecular formula is C16H17F2NS. The van der Waals surface area contributed by atoms with Crippen molar-refractivity contribution in [3.63, 3.8) is 0 Å². The van der Waals surface area contributed by atoms with Crippen LogP contribution in [-0.2, 0) is 0 Å². The van der Waals surface area contributed by atoms with E-state index in [0.29, 0.717) is 12.1 Å². The molecule has 1 unspecified atom stereocenters. The first kappa shape index (κ1) is 15.0. The third-order valence-corrected chi connectivity index (χ3v) is 3.96. The summed E-state index contributed by atoms with van der Waals surface area (Å²) in [7, 11) is 0. The molecule has 0 amide bonds. The molecule has 0 aliphatic rings. The molecule has 0 saturated carbocycles. The van der Waals surface area contributed by atoms with Crippen molar-refractivity contribution in [2.45, 2.75) is 17.9 Å². The smallest absolute Gasteiger partial charge is 0.163 e. The molecule has 4 heteroatoms. The van der Waals surface area contributed by atoms with E-state index in [-0.39, 0.29) is 6.04 Å². The Morgan fingerprint density at radius 1 is 1.05 bits per heavy atom. The lowest BCUT2D eigenvalue weighted by atomic mass is 9.98. The van der Waals surface area contributed by atoms with Crippen LogP contribution in [0, 0.1) is 11.6 Å². The van der Waals surface area contributed by atoms with Crippen LogP contribution in [0.5, 0.6) is 0 Å². The molecule has 0 bridgehead atoms. The van der Waals surface area contributed by atoms with Crippen LogP contribution in [0.25, 0.3) is 0 Å². The second kappa shape index (κ2) is 6.86. The van der Waals surface area contributed by atoms with Crippen LogP contribution in [0.1, 0.15) is 24.1 Å². The van der Waals surface area contributed by atoms with Crippen molar-refractivity contribution in [2.24, 2.45) is 0 Å². The third kappa shape index (κ3) is 3.02. The minimum atomic E-state index is -0.813. The highest BCUT2D eigenvalue weighted by molar-refractivity contribution is 7.98. The van der Waals surface area contributed by atoms with Crippen LogP contribution < -0.4 is 5.32 Å². The zero-order chi connectivity index (χ0) is 14.5. The van der Waals surface area contributed by atoms with Crippen LogP contribution in [0.3, 0.4) is 0 Å². The molecular weight excluding hydrogens is 276 g/mol. The summed E-state index contributed by atoms with van der Waals surface area (Å²) in [4.78, 5) is 1.06. The predicted molar refractivity (Wildman–Crippen MR) is 80.1 cm³/mol. The fourth-order valence-electron chi connectivity index (χ4n) is 2.24. The molecule has 0 aromatic heterocycles. The summed E-state index contributed by atoms with van der Waals surface area (Å²) in [5.74, 6) is -1.60. The van der Waals surface area contributed by atoms with E-state index in [1.807, 2.05) is 37.4 Å². The zero-order valence-electron chi connectivity index (χ0n) is 11.5. The lowest BCUT2D eigenvalue weighted by Crippen LogP contribution is -2.24. The summed E-state index contributed by atoms with van der Waals surface area (Å²) in [6.45, 7) is 2.62. The molecule has 0 radical (unpaired) electrons. The Hall–Kier alpha value is -1.39. The van der Waals surface area contributed by atoms with Gasteiger partial charge in [0.1, 0.15) is 0 Å². The van der Waals surface area contributed by atoms with Crippen LogP contribution in [0.2, 0.25) is 0 Å². The number of hydrogen-bond donors (Lipinski definition) is 1. The Morgan fingerprint density at radius 3 is 2.45 bits per heavy atom. The summed E-state index contributed by atoms with van der Waals surface area (Å²) >= 11 is 1.60. The molecule has 0 saturated heterocycles. The topological polar surface area (TPSA) is 12.0 Å². The molecule has 0 heterocycles. The largest absolute Gasteiger partial charge is 0.306 e. The average Bonchev–Trinajstić information content (AvgIpc) is 2.48. The van der Waals surface area contributed by atoms with E-state index < -0.39 is 11.6 Å². The van der Waals surface area contributed by atoms with Gasteiger partial charge >= 0.3 is 0 Å². The lowest BCUT2D eigenvalue weighted by Gasteiger charge is -2.22. The second-order valence-corrected chi connectivity index (χ2v) is 5.22. The van der Waals surface area contributed by atoms with Crippen LogP contribution in [-0.4, -0.2) is 12.8 Å². The maximum atomic E-state index is 14.1. The molecule has 2 aromatic carbocycles. The molecule has 0 aliphatic carbocycles. The summed E-state index contributed by atoms with van der Waals surface area (Å²) in [6, 6.07) is 11.8. The molecule has 1 atom stereocenters. The monoisotopic (exact) mass is 293 g/mol. The second-order valence-electron chi connectivity index (χ2n) is 4.38. The highest BCUT2D eigenvalue weighted by atomic mass is 32.2. The SMILES string of the molecule is CCNC(c1ccccc1SC)c1cccc(F)c1F. The molecule has 1 N–H and O–H groups in total. The number of hydrogen-bond acceptors (Lipinski definition) is 2. The average molecular weight is 293 g/mol. The van der Waals surface area contributed by atoms with Gasteiger partial charge in [0.05, 0.1) is 6.04 Å². The van der Waals surface area contributed by atoms with E-state index in [0.717, 1.165) is 16.5 Å². The van der Waals surface area contributed by atoms with Gasteiger partial charge in [-0.3, -0.25) is 0 Å². The van der Waals surface area contributed by atoms with E-state index in [1.54, 1.807) is 23.9 Å². The van der Waals surface area contributed by atoms with Gasteiger partial charge < -0.3 is 5.32 Å². The number of rotatable bonds is 5. The van der Waals surface area contributed by atoms with Gasteiger partial charge in [-0.15, -0.1) is 11.8 Å². The third-order valence-electron chi connectivity index (χ3n) is 3.15. The number of nitrogens with one attached hydrogen (secondary N) is 1. The summed E-state index contributed by atoms with van der Waals surface area (Å²) in [5, 5.41) is 3.24. The van der Waals surface area contributed by atoms with Crippen molar-refractivity contribution < 1.29 is 8.78 Å². The first-order valence-electron chi connectivity index (χ1n) is 6.49. The zero-order valence-corrected chi connectivity index (χ0v) is 12.3. The van der Waals surface area contributed by atoms with Crippen LogP contribution in [0.4, 0.5) is 8.78 Å². The van der Waals surface area contributed by atoms with Gasteiger partial charge in [0, 0.05) is 10.5 Å². The van der Waals surface area contributed by atoms with Crippen molar-refractivity contribution in [1.82, 2.24) is 5.32 Å². The fraction of sp³-hybridized carbons (Fsp3) is 0.250. The lowest BCUT2D eigenvalue weighted by molar-refractivity contribution is 0.482. The summed E-state index contributed by atoms with van der Waals surface area (Å²) in [5.41, 5.74) is 1.31. The Morgan fingerprint density at radius 2 is 1.75 bits per heavy atom. The number of thioether (sulfide) groups is 1. The van der Waals surface area contributed by atoms with Gasteiger partial charge in [0.25, 0.3) is 0 Å². The van der Waals surface area contributed by atoms with Gasteiger partial charge in [-0.25, -0.2) is 8.78 Å². The first-order chi connectivity index (χ1) is 9.69. The Balaban J connectivity index is 2.53. The van der Waals surface area contributed by atoms with Crippen molar-refractivity contribution >= 4 is 11.8 Å². The molecule has 0 aliphatic heterocycles. The highest BCUT2D eigenvalue weighted by Gasteiger charge is 2.21. The maximum Gasteiger partial charge on any atom is 0.163 e. The maximum absolute atomic E-state index is 14.1. The first-order valence-corrected chi connectivity index (χ1v) is 7.71. The van der Waals surface area contributed by atoms with Gasteiger partial charge in [0.15, 0.2) is 11.6 Å². The van der Waals surface area contributed by atoms with E-state index in [4.69, 9.17) is 0 Å². The summed E-state index contributed by atoms with van der Waals surface area (Å²) < 4.78 is 27.5. The molecule has 1 nitrogen and oxygen atoms in total. The number of benzene rings is 2. The standard InChI is InChI=1S/C16H17F2NS/c1-3-19-16(11-7-4-5-10-14(11)20-2)12-8-6-9-13(17)15(12)18/h4-10,16,19H,3H2,1-2H3. The summed E-state index contributed by atoms with van der Waals surface area (Å²) in [6.07, 6.45) is 1.98. The molecule has 106 valence electrons. The van der Waals surface area contributed by atoms with Crippen molar-refractivity contribution in [2.75, 3.05) is 12.8 Å². The quantitative estimate of drug-likeness (QED) is 0.821. The molecule has 2 aromatic rings. The van der Waals surface area contributed by atoms with E-state index in [9.17, 15) is 8.78 Å². The molecule has 2 rings (SSSR count). The fourth-order valence-corrected chi connectivity index (χ4v) is 2.88. The van der Waals surface area contributed by atoms with Gasteiger partial charge in [-0.1, -0.05) is 37.3 Å². The minimum Gasteiger partial charge on any atom is -0.306 e. The highest BCUT2D eigenvalue weighted by Crippen LogP contribution is 2.31. The van der Waals surface area contributed by atoms with Crippen molar-refractivity contribution in [1.29, 1.82) is 0 Å². The van der Waals surface area contributed by atoms with Crippen molar-refractivity contribution in [3.05, 3.63) is 65.2 Å². The molecule has 0 spiro atoms. The van der Waals surface area contributed by atoms with E-state index >= 15 is 0 Å². The van der Waals surface area contributed by atoms with E-state index in [2.05, 4.69) is 5.32 Å². The van der Waals surface area contributed by atoms with Gasteiger partial charge in [-0.05, 0) is 30.5 Å².